The van der Waals surface area contributed by atoms with Gasteiger partial charge in [0, 0.05) is 24.7 Å². The number of nitrogens with one attached hydrogen (secondary N) is 1. The molecule has 1 aliphatic rings. The zero-order valence-corrected chi connectivity index (χ0v) is 12.8. The quantitative estimate of drug-likeness (QED) is 0.603. The van der Waals surface area contributed by atoms with Gasteiger partial charge in [-0.05, 0) is 33.4 Å². The van der Waals surface area contributed by atoms with Crippen LogP contribution in [0.1, 0.15) is 31.7 Å². The van der Waals surface area contributed by atoms with Crippen LogP contribution in [0, 0.1) is 0 Å². The van der Waals surface area contributed by atoms with Crippen LogP contribution in [0.5, 0.6) is 0 Å². The lowest BCUT2D eigenvalue weighted by molar-refractivity contribution is 0.371. The molecule has 1 aromatic heterocycles. The van der Waals surface area contributed by atoms with Gasteiger partial charge in [0.05, 0.1) is 0 Å². The van der Waals surface area contributed by atoms with E-state index in [1.165, 1.54) is 12.8 Å². The van der Waals surface area contributed by atoms with Crippen molar-refractivity contribution < 1.29 is 0 Å². The minimum atomic E-state index is 0.529. The van der Waals surface area contributed by atoms with Gasteiger partial charge >= 0.3 is 0 Å². The van der Waals surface area contributed by atoms with Crippen molar-refractivity contribution in [1.29, 1.82) is 0 Å². The predicted molar refractivity (Wildman–Crippen MR) is 82.8 cm³/mol. The Balaban J connectivity index is 2.30. The lowest BCUT2D eigenvalue weighted by Gasteiger charge is -2.30. The molecule has 1 atom stereocenters. The lowest BCUT2D eigenvalue weighted by atomic mass is 10.1. The van der Waals surface area contributed by atoms with Crippen molar-refractivity contribution in [2.45, 2.75) is 38.6 Å². The van der Waals surface area contributed by atoms with E-state index in [0.29, 0.717) is 6.04 Å². The third kappa shape index (κ3) is 3.19. The van der Waals surface area contributed by atoms with E-state index in [1.807, 2.05) is 0 Å². The number of hydrazine groups is 1. The maximum absolute atomic E-state index is 5.60. The molecule has 112 valence electrons. The van der Waals surface area contributed by atoms with Gasteiger partial charge in [0.2, 0.25) is 0 Å². The second-order valence-corrected chi connectivity index (χ2v) is 5.67. The number of hydrogen-bond donors (Lipinski definition) is 2. The fourth-order valence-electron chi connectivity index (χ4n) is 2.98. The summed E-state index contributed by atoms with van der Waals surface area (Å²) >= 11 is 0. The molecule has 6 nitrogen and oxygen atoms in total. The highest BCUT2D eigenvalue weighted by molar-refractivity contribution is 5.59. The molecule has 0 radical (unpaired) electrons. The van der Waals surface area contributed by atoms with Crippen molar-refractivity contribution in [3.8, 4) is 0 Å². The summed E-state index contributed by atoms with van der Waals surface area (Å²) in [5, 5.41) is 0. The van der Waals surface area contributed by atoms with Gasteiger partial charge < -0.3 is 15.2 Å². The number of anilines is 2. The highest BCUT2D eigenvalue weighted by Gasteiger charge is 2.28. The summed E-state index contributed by atoms with van der Waals surface area (Å²) in [7, 11) is 4.24. The summed E-state index contributed by atoms with van der Waals surface area (Å²) in [5.74, 6) is 7.41. The molecule has 2 heterocycles. The van der Waals surface area contributed by atoms with Crippen LogP contribution in [-0.4, -0.2) is 48.1 Å². The first-order valence-electron chi connectivity index (χ1n) is 7.39. The average molecular weight is 278 g/mol. The smallest absolute Gasteiger partial charge is 0.148 e. The molecule has 0 aromatic carbocycles. The van der Waals surface area contributed by atoms with Gasteiger partial charge in [-0.25, -0.2) is 15.8 Å². The summed E-state index contributed by atoms with van der Waals surface area (Å²) < 4.78 is 0. The number of hydrogen-bond acceptors (Lipinski definition) is 6. The lowest BCUT2D eigenvalue weighted by Crippen LogP contribution is -2.38. The molecule has 1 aliphatic heterocycles. The summed E-state index contributed by atoms with van der Waals surface area (Å²) in [5.41, 5.74) is 3.85. The van der Waals surface area contributed by atoms with Crippen LogP contribution < -0.4 is 16.2 Å². The van der Waals surface area contributed by atoms with Crippen molar-refractivity contribution in [3.63, 3.8) is 0 Å². The van der Waals surface area contributed by atoms with Crippen LogP contribution in [0.3, 0.4) is 0 Å². The molecule has 1 aromatic rings. The number of nitrogens with zero attached hydrogens (tertiary/aromatic N) is 4. The Bertz CT molecular complexity index is 434. The minimum absolute atomic E-state index is 0.529. The molecule has 0 spiro atoms. The first-order valence-corrected chi connectivity index (χ1v) is 7.39. The fraction of sp³-hybridized carbons (Fsp3) is 0.714. The number of rotatable bonds is 6. The Morgan fingerprint density at radius 3 is 2.90 bits per heavy atom. The summed E-state index contributed by atoms with van der Waals surface area (Å²) in [6.07, 6.45) is 6.05. The largest absolute Gasteiger partial charge is 0.352 e. The van der Waals surface area contributed by atoms with Crippen molar-refractivity contribution in [2.75, 3.05) is 37.5 Å². The number of nitrogen functional groups attached to an aromatic ring is 1. The third-order valence-electron chi connectivity index (χ3n) is 3.78. The van der Waals surface area contributed by atoms with Gasteiger partial charge in [0.25, 0.3) is 0 Å². The normalized spacial score (nSPS) is 18.9. The van der Waals surface area contributed by atoms with Crippen molar-refractivity contribution in [1.82, 2.24) is 14.9 Å². The molecule has 1 saturated heterocycles. The molecular weight excluding hydrogens is 252 g/mol. The average Bonchev–Trinajstić information content (AvgIpc) is 2.86. The maximum atomic E-state index is 5.60. The molecule has 0 bridgehead atoms. The SMILES string of the molecule is CCCc1c(NN)ncnc1N1CCCC1CN(C)C. The number of nitrogens with two attached hydrogens (primary N) is 1. The first-order chi connectivity index (χ1) is 9.67. The Hall–Kier alpha value is -1.40. The van der Waals surface area contributed by atoms with E-state index in [0.717, 1.165) is 43.1 Å². The Morgan fingerprint density at radius 1 is 1.45 bits per heavy atom. The molecule has 20 heavy (non-hydrogen) atoms. The standard InChI is InChI=1S/C14H26N6/c1-4-6-12-13(18-15)16-10-17-14(12)20-8-5-7-11(20)9-19(2)3/h10-11H,4-9,15H2,1-3H3,(H,16,17,18). The zero-order valence-electron chi connectivity index (χ0n) is 12.8. The maximum Gasteiger partial charge on any atom is 0.148 e. The topological polar surface area (TPSA) is 70.3 Å². The summed E-state index contributed by atoms with van der Waals surface area (Å²) in [4.78, 5) is 13.5. The molecule has 0 aliphatic carbocycles. The van der Waals surface area contributed by atoms with E-state index in [2.05, 4.69) is 46.2 Å². The van der Waals surface area contributed by atoms with Gasteiger partial charge in [-0.1, -0.05) is 13.3 Å². The highest BCUT2D eigenvalue weighted by Crippen LogP contribution is 2.30. The Morgan fingerprint density at radius 2 is 2.25 bits per heavy atom. The van der Waals surface area contributed by atoms with Crippen molar-refractivity contribution in [3.05, 3.63) is 11.9 Å². The van der Waals surface area contributed by atoms with Crippen LogP contribution in [0.25, 0.3) is 0 Å². The van der Waals surface area contributed by atoms with E-state index < -0.39 is 0 Å². The van der Waals surface area contributed by atoms with Crippen LogP contribution in [0.4, 0.5) is 11.6 Å². The molecule has 3 N–H and O–H groups in total. The molecule has 1 fully saturated rings. The number of likely N-dealkylation sites (N-methyl/N-ethyl adjacent to an activating group) is 1. The van der Waals surface area contributed by atoms with E-state index in [4.69, 9.17) is 5.84 Å². The zero-order chi connectivity index (χ0) is 14.5. The molecule has 6 heteroatoms. The van der Waals surface area contributed by atoms with Crippen LogP contribution >= 0.6 is 0 Å². The van der Waals surface area contributed by atoms with Crippen molar-refractivity contribution in [2.24, 2.45) is 5.84 Å². The summed E-state index contributed by atoms with van der Waals surface area (Å²) in [6, 6.07) is 0.529. The van der Waals surface area contributed by atoms with Gasteiger partial charge in [0.15, 0.2) is 0 Å². The van der Waals surface area contributed by atoms with Gasteiger partial charge in [-0.2, -0.15) is 0 Å². The molecule has 0 amide bonds. The van der Waals surface area contributed by atoms with Gasteiger partial charge in [-0.3, -0.25) is 0 Å². The first kappa shape index (κ1) is 15.0. The highest BCUT2D eigenvalue weighted by atomic mass is 15.3. The second kappa shape index (κ2) is 6.85. The van der Waals surface area contributed by atoms with E-state index >= 15 is 0 Å². The van der Waals surface area contributed by atoms with Crippen LogP contribution in [0.15, 0.2) is 6.33 Å². The predicted octanol–water partition coefficient (Wildman–Crippen LogP) is 1.25. The third-order valence-corrected chi connectivity index (χ3v) is 3.78. The van der Waals surface area contributed by atoms with Crippen LogP contribution in [0.2, 0.25) is 0 Å². The minimum Gasteiger partial charge on any atom is -0.352 e. The molecule has 2 rings (SSSR count). The van der Waals surface area contributed by atoms with Crippen LogP contribution in [-0.2, 0) is 6.42 Å². The molecule has 1 unspecified atom stereocenters. The number of aromatic nitrogens is 2. The molecule has 0 saturated carbocycles. The van der Waals surface area contributed by atoms with E-state index in [9.17, 15) is 0 Å². The van der Waals surface area contributed by atoms with E-state index in [1.54, 1.807) is 6.33 Å². The monoisotopic (exact) mass is 278 g/mol. The summed E-state index contributed by atoms with van der Waals surface area (Å²) in [6.45, 7) is 4.29. The Kier molecular flexibility index (Phi) is 5.14. The fourth-order valence-corrected chi connectivity index (χ4v) is 2.98. The molecular formula is C14H26N6. The van der Waals surface area contributed by atoms with Gasteiger partial charge in [-0.15, -0.1) is 0 Å². The Labute approximate surface area is 121 Å². The van der Waals surface area contributed by atoms with Crippen molar-refractivity contribution >= 4 is 11.6 Å². The second-order valence-electron chi connectivity index (χ2n) is 5.67. The van der Waals surface area contributed by atoms with Gasteiger partial charge in [0.1, 0.15) is 18.0 Å². The van der Waals surface area contributed by atoms with E-state index in [-0.39, 0.29) is 0 Å².